The van der Waals surface area contributed by atoms with Crippen LogP contribution in [0.5, 0.6) is 0 Å². The third kappa shape index (κ3) is 2.96. The first-order valence-corrected chi connectivity index (χ1v) is 9.72. The molecule has 1 fully saturated rings. The molecule has 0 saturated carbocycles. The van der Waals surface area contributed by atoms with Crippen LogP contribution in [0.4, 0.5) is 5.13 Å². The number of Topliss-reactive ketones (excluding diaryl/α,β-unsaturated/α-hetero) is 2. The van der Waals surface area contributed by atoms with E-state index in [-0.39, 0.29) is 0 Å². The highest BCUT2D eigenvalue weighted by Gasteiger charge is 2.54. The van der Waals surface area contributed by atoms with Crippen LogP contribution >= 0.6 is 22.9 Å². The monoisotopic (exact) mass is 414 g/mol. The quantitative estimate of drug-likeness (QED) is 0.363. The van der Waals surface area contributed by atoms with E-state index in [2.05, 4.69) is 4.98 Å². The molecule has 0 N–H and O–H groups in total. The number of carbonyl (C=O) groups is 3. The maximum atomic E-state index is 13.2. The zero-order valence-electron chi connectivity index (χ0n) is 15.0. The van der Waals surface area contributed by atoms with Crippen LogP contribution < -0.4 is 4.90 Å². The Morgan fingerprint density at radius 1 is 1.18 bits per heavy atom. The van der Waals surface area contributed by atoms with E-state index in [9.17, 15) is 14.4 Å². The van der Waals surface area contributed by atoms with Gasteiger partial charge in [0, 0.05) is 15.5 Å². The molecule has 1 saturated heterocycles. The van der Waals surface area contributed by atoms with Gasteiger partial charge in [0.2, 0.25) is 5.78 Å². The number of halogens is 1. The van der Waals surface area contributed by atoms with Gasteiger partial charge in [-0.25, -0.2) is 4.98 Å². The molecule has 6 nitrogen and oxygen atoms in total. The van der Waals surface area contributed by atoms with E-state index in [0.29, 0.717) is 21.5 Å². The van der Waals surface area contributed by atoms with Gasteiger partial charge in [-0.05, 0) is 50.2 Å². The topological polar surface area (TPSA) is 80.5 Å². The lowest BCUT2D eigenvalue weighted by Gasteiger charge is -2.22. The number of hydrogen-bond donors (Lipinski definition) is 0. The summed E-state index contributed by atoms with van der Waals surface area (Å²) in [7, 11) is 0. The highest BCUT2D eigenvalue weighted by molar-refractivity contribution is 7.16. The summed E-state index contributed by atoms with van der Waals surface area (Å²) in [6.07, 6.45) is 1.45. The second kappa shape index (κ2) is 7.00. The number of anilines is 1. The van der Waals surface area contributed by atoms with Gasteiger partial charge < -0.3 is 4.42 Å². The Labute approximate surface area is 169 Å². The fourth-order valence-corrected chi connectivity index (χ4v) is 4.31. The summed E-state index contributed by atoms with van der Waals surface area (Å²) in [5.74, 6) is -2.85. The molecule has 8 heteroatoms. The van der Waals surface area contributed by atoms with Crippen molar-refractivity contribution in [3.63, 3.8) is 0 Å². The second-order valence-corrected chi connectivity index (χ2v) is 8.10. The Balaban J connectivity index is 1.83. The van der Waals surface area contributed by atoms with Gasteiger partial charge in [0.15, 0.2) is 10.9 Å². The Morgan fingerprint density at radius 2 is 1.89 bits per heavy atom. The number of aromatic nitrogens is 1. The van der Waals surface area contributed by atoms with Crippen molar-refractivity contribution in [2.45, 2.75) is 19.9 Å². The molecule has 1 aliphatic rings. The Morgan fingerprint density at radius 3 is 2.46 bits per heavy atom. The summed E-state index contributed by atoms with van der Waals surface area (Å²) < 4.78 is 5.50. The van der Waals surface area contributed by atoms with Crippen molar-refractivity contribution in [3.05, 3.63) is 69.6 Å². The van der Waals surface area contributed by atoms with Gasteiger partial charge in [0.05, 0.1) is 12.0 Å². The third-order valence-corrected chi connectivity index (χ3v) is 6.10. The minimum Gasteiger partial charge on any atom is -0.467 e. The minimum atomic E-state index is -1.22. The Kier molecular flexibility index (Phi) is 4.64. The van der Waals surface area contributed by atoms with Crippen LogP contribution in [0.1, 0.15) is 32.7 Å². The number of hydrogen-bond acceptors (Lipinski definition) is 6. The van der Waals surface area contributed by atoms with Crippen LogP contribution in [0, 0.1) is 19.8 Å². The largest absolute Gasteiger partial charge is 0.467 e. The highest BCUT2D eigenvalue weighted by Crippen LogP contribution is 2.43. The van der Waals surface area contributed by atoms with Crippen LogP contribution in [-0.2, 0) is 9.59 Å². The predicted molar refractivity (Wildman–Crippen MR) is 105 cm³/mol. The lowest BCUT2D eigenvalue weighted by atomic mass is 9.89. The number of ketones is 2. The van der Waals surface area contributed by atoms with Gasteiger partial charge in [-0.3, -0.25) is 19.3 Å². The average Bonchev–Trinajstić information content (AvgIpc) is 3.36. The van der Waals surface area contributed by atoms with Crippen LogP contribution in [0.25, 0.3) is 0 Å². The third-order valence-electron chi connectivity index (χ3n) is 4.78. The normalized spacial score (nSPS) is 19.5. The molecule has 2 unspecified atom stereocenters. The molecular formula is C20H15ClN2O4S. The molecule has 2 aromatic heterocycles. The van der Waals surface area contributed by atoms with Gasteiger partial charge in [-0.2, -0.15) is 0 Å². The molecule has 0 radical (unpaired) electrons. The number of amides is 1. The van der Waals surface area contributed by atoms with Crippen molar-refractivity contribution >= 4 is 45.5 Å². The number of nitrogens with zero attached hydrogens (tertiary/aromatic N) is 2. The first-order valence-electron chi connectivity index (χ1n) is 8.53. The smallest absolute Gasteiger partial charge is 0.297 e. The van der Waals surface area contributed by atoms with E-state index in [0.717, 1.165) is 10.6 Å². The fraction of sp³-hybridized carbons (Fsp3) is 0.200. The molecule has 1 amide bonds. The van der Waals surface area contributed by atoms with Gasteiger partial charge in [-0.15, -0.1) is 11.3 Å². The summed E-state index contributed by atoms with van der Waals surface area (Å²) in [6.45, 7) is 3.72. The lowest BCUT2D eigenvalue weighted by molar-refractivity contribution is -0.135. The van der Waals surface area contributed by atoms with Crippen molar-refractivity contribution in [3.8, 4) is 0 Å². The molecule has 0 spiro atoms. The van der Waals surface area contributed by atoms with Crippen LogP contribution in [0.15, 0.2) is 47.1 Å². The summed E-state index contributed by atoms with van der Waals surface area (Å²) in [6, 6.07) is 8.65. The maximum Gasteiger partial charge on any atom is 0.297 e. The van der Waals surface area contributed by atoms with E-state index >= 15 is 0 Å². The molecule has 2 atom stereocenters. The summed E-state index contributed by atoms with van der Waals surface area (Å²) in [5.41, 5.74) is 1.08. The molecule has 0 bridgehead atoms. The fourth-order valence-electron chi connectivity index (χ4n) is 3.24. The van der Waals surface area contributed by atoms with Gasteiger partial charge >= 0.3 is 0 Å². The van der Waals surface area contributed by atoms with Crippen LogP contribution in [0.3, 0.4) is 0 Å². The van der Waals surface area contributed by atoms with E-state index in [1.54, 1.807) is 36.4 Å². The molecule has 0 aliphatic carbocycles. The SMILES string of the molecule is Cc1nc(N2C(=O)C(=O)C(C(=O)c3ccc(Cl)cc3)C2c2ccco2)sc1C. The molecule has 1 aliphatic heterocycles. The molecule has 3 heterocycles. The molecule has 3 aromatic rings. The summed E-state index contributed by atoms with van der Waals surface area (Å²) >= 11 is 7.20. The van der Waals surface area contributed by atoms with Crippen molar-refractivity contribution in [2.75, 3.05) is 4.90 Å². The van der Waals surface area contributed by atoms with E-state index < -0.39 is 29.4 Å². The predicted octanol–water partition coefficient (Wildman–Crippen LogP) is 4.16. The lowest BCUT2D eigenvalue weighted by Crippen LogP contribution is -2.30. The zero-order valence-corrected chi connectivity index (χ0v) is 16.6. The number of thiazole rings is 1. The minimum absolute atomic E-state index is 0.306. The standard InChI is InChI=1S/C20H15ClN2O4S/c1-10-11(2)28-20(22-10)23-16(14-4-3-9-27-14)15(18(25)19(23)26)17(24)12-5-7-13(21)8-6-12/h3-9,15-16H,1-2H3. The Hall–Kier alpha value is -2.77. The van der Waals surface area contributed by atoms with E-state index in [4.69, 9.17) is 16.0 Å². The summed E-state index contributed by atoms with van der Waals surface area (Å²) in [4.78, 5) is 45.5. The molecule has 28 heavy (non-hydrogen) atoms. The zero-order chi connectivity index (χ0) is 20.0. The van der Waals surface area contributed by atoms with E-state index in [1.807, 2.05) is 13.8 Å². The first-order chi connectivity index (χ1) is 13.4. The van der Waals surface area contributed by atoms with Crippen molar-refractivity contribution in [2.24, 2.45) is 5.92 Å². The van der Waals surface area contributed by atoms with Gasteiger partial charge in [-0.1, -0.05) is 11.6 Å². The summed E-state index contributed by atoms with van der Waals surface area (Å²) in [5, 5.41) is 0.851. The molecule has 1 aromatic carbocycles. The number of aryl methyl sites for hydroxylation is 2. The number of rotatable bonds is 4. The van der Waals surface area contributed by atoms with Gasteiger partial charge in [0.25, 0.3) is 5.91 Å². The van der Waals surface area contributed by atoms with Crippen molar-refractivity contribution < 1.29 is 18.8 Å². The van der Waals surface area contributed by atoms with Gasteiger partial charge in [0.1, 0.15) is 17.7 Å². The molecule has 4 rings (SSSR count). The maximum absolute atomic E-state index is 13.2. The highest BCUT2D eigenvalue weighted by atomic mass is 35.5. The van der Waals surface area contributed by atoms with Crippen molar-refractivity contribution in [1.82, 2.24) is 4.98 Å². The Bertz CT molecular complexity index is 1050. The second-order valence-electron chi connectivity index (χ2n) is 6.49. The first kappa shape index (κ1) is 18.6. The van der Waals surface area contributed by atoms with E-state index in [1.165, 1.54) is 22.5 Å². The van der Waals surface area contributed by atoms with Crippen LogP contribution in [-0.4, -0.2) is 22.5 Å². The number of benzene rings is 1. The molecular weight excluding hydrogens is 400 g/mol. The number of carbonyl (C=O) groups excluding carboxylic acids is 3. The average molecular weight is 415 g/mol. The van der Waals surface area contributed by atoms with Crippen LogP contribution in [0.2, 0.25) is 5.02 Å². The molecule has 142 valence electrons. The number of furan rings is 1. The van der Waals surface area contributed by atoms with Crippen molar-refractivity contribution in [1.29, 1.82) is 0 Å².